The van der Waals surface area contributed by atoms with Gasteiger partial charge in [-0.3, -0.25) is 0 Å². The summed E-state index contributed by atoms with van der Waals surface area (Å²) in [6.45, 7) is 2.16. The van der Waals surface area contributed by atoms with E-state index < -0.39 is 0 Å². The van der Waals surface area contributed by atoms with E-state index in [9.17, 15) is 0 Å². The Kier molecular flexibility index (Phi) is 6.95. The van der Waals surface area contributed by atoms with Gasteiger partial charge < -0.3 is 9.47 Å². The minimum Gasteiger partial charge on any atom is -0.381 e. The zero-order valence-electron chi connectivity index (χ0n) is 20.6. The van der Waals surface area contributed by atoms with Gasteiger partial charge in [0.05, 0.1) is 18.4 Å². The van der Waals surface area contributed by atoms with Gasteiger partial charge in [0.15, 0.2) is 11.6 Å². The van der Waals surface area contributed by atoms with Crippen LogP contribution in [0.15, 0.2) is 53.4 Å². The number of hydrogen-bond donors (Lipinski definition) is 0. The lowest BCUT2D eigenvalue weighted by Crippen LogP contribution is -2.23. The highest BCUT2D eigenvalue weighted by molar-refractivity contribution is 7.98. The van der Waals surface area contributed by atoms with Crippen molar-refractivity contribution in [2.24, 2.45) is 17.8 Å². The predicted octanol–water partition coefficient (Wildman–Crippen LogP) is 6.33. The number of ether oxygens (including phenoxy) is 2. The lowest BCUT2D eigenvalue weighted by atomic mass is 9.86. The first-order valence-electron chi connectivity index (χ1n) is 13.2. The molecule has 6 rings (SSSR count). The van der Waals surface area contributed by atoms with Gasteiger partial charge in [-0.15, -0.1) is 11.8 Å². The van der Waals surface area contributed by atoms with Crippen molar-refractivity contribution in [2.45, 2.75) is 62.6 Å². The van der Waals surface area contributed by atoms with E-state index in [0.29, 0.717) is 6.61 Å². The zero-order chi connectivity index (χ0) is 23.6. The number of nitrogens with zero attached hydrogens (tertiary/aromatic N) is 3. The Morgan fingerprint density at radius 1 is 1.00 bits per heavy atom. The second-order valence-electron chi connectivity index (χ2n) is 10.4. The Bertz CT molecular complexity index is 1160. The lowest BCUT2D eigenvalue weighted by Gasteiger charge is -2.23. The van der Waals surface area contributed by atoms with Crippen LogP contribution in [-0.4, -0.2) is 40.3 Å². The topological polar surface area (TPSA) is 49.2 Å². The molecule has 35 heavy (non-hydrogen) atoms. The van der Waals surface area contributed by atoms with Crippen LogP contribution in [0.3, 0.4) is 0 Å². The molecule has 2 saturated carbocycles. The standard InChI is InChI=1S/C29H35N3O2S/c1-35-27-9-5-4-8-26(27)32-29(30-28(31-32)18-23-17-20-10-11-21(23)16-20)25-7-3-2-6-22(25)19-34-24-12-14-33-15-13-24/h2-9,20-21,23-24H,10-19H2,1H3. The van der Waals surface area contributed by atoms with E-state index in [1.807, 2.05) is 0 Å². The fourth-order valence-corrected chi connectivity index (χ4v) is 6.94. The van der Waals surface area contributed by atoms with Crippen LogP contribution in [0.1, 0.15) is 49.9 Å². The van der Waals surface area contributed by atoms with Crippen molar-refractivity contribution in [3.8, 4) is 17.1 Å². The molecule has 3 aliphatic rings. The molecule has 1 aliphatic heterocycles. The van der Waals surface area contributed by atoms with Gasteiger partial charge in [0.2, 0.25) is 0 Å². The first-order chi connectivity index (χ1) is 17.3. The molecular weight excluding hydrogens is 454 g/mol. The highest BCUT2D eigenvalue weighted by Gasteiger charge is 2.40. The molecule has 3 fully saturated rings. The SMILES string of the molecule is CSc1ccccc1-n1nc(CC2CC3CCC2C3)nc1-c1ccccc1COC1CCOCC1. The van der Waals surface area contributed by atoms with E-state index in [0.717, 1.165) is 73.1 Å². The third-order valence-corrected chi connectivity index (χ3v) is 8.98. The van der Waals surface area contributed by atoms with Crippen LogP contribution < -0.4 is 0 Å². The van der Waals surface area contributed by atoms with Crippen molar-refractivity contribution in [3.05, 3.63) is 59.9 Å². The van der Waals surface area contributed by atoms with Crippen molar-refractivity contribution in [3.63, 3.8) is 0 Å². The highest BCUT2D eigenvalue weighted by Crippen LogP contribution is 2.49. The molecule has 0 amide bonds. The van der Waals surface area contributed by atoms with E-state index >= 15 is 0 Å². The summed E-state index contributed by atoms with van der Waals surface area (Å²) in [5.74, 6) is 4.45. The Morgan fingerprint density at radius 2 is 1.83 bits per heavy atom. The summed E-state index contributed by atoms with van der Waals surface area (Å²) in [6.07, 6.45) is 10.9. The van der Waals surface area contributed by atoms with E-state index in [2.05, 4.69) is 59.5 Å². The molecule has 5 nitrogen and oxygen atoms in total. The summed E-state index contributed by atoms with van der Waals surface area (Å²) >= 11 is 1.75. The summed E-state index contributed by atoms with van der Waals surface area (Å²) in [6, 6.07) is 17.1. The van der Waals surface area contributed by atoms with Crippen molar-refractivity contribution < 1.29 is 9.47 Å². The van der Waals surface area contributed by atoms with Crippen molar-refractivity contribution in [1.29, 1.82) is 0 Å². The van der Waals surface area contributed by atoms with Gasteiger partial charge in [0.1, 0.15) is 0 Å². The second-order valence-corrected chi connectivity index (χ2v) is 11.2. The van der Waals surface area contributed by atoms with E-state index in [1.54, 1.807) is 11.8 Å². The third-order valence-electron chi connectivity index (χ3n) is 8.19. The molecule has 3 aromatic rings. The van der Waals surface area contributed by atoms with Gasteiger partial charge in [-0.25, -0.2) is 9.67 Å². The van der Waals surface area contributed by atoms with Crippen molar-refractivity contribution in [1.82, 2.24) is 14.8 Å². The maximum Gasteiger partial charge on any atom is 0.163 e. The van der Waals surface area contributed by atoms with Crippen LogP contribution in [0.5, 0.6) is 0 Å². The molecule has 3 atom stereocenters. The first-order valence-corrected chi connectivity index (χ1v) is 14.4. The molecule has 1 saturated heterocycles. The maximum absolute atomic E-state index is 6.33. The summed E-state index contributed by atoms with van der Waals surface area (Å²) in [7, 11) is 0. The maximum atomic E-state index is 6.33. The number of hydrogen-bond acceptors (Lipinski definition) is 5. The van der Waals surface area contributed by atoms with Crippen LogP contribution in [0.25, 0.3) is 17.1 Å². The Hall–Kier alpha value is -2.15. The van der Waals surface area contributed by atoms with Crippen LogP contribution in [0, 0.1) is 17.8 Å². The number of fused-ring (bicyclic) bond motifs is 2. The molecule has 6 heteroatoms. The van der Waals surface area contributed by atoms with Gasteiger partial charge in [0.25, 0.3) is 0 Å². The summed E-state index contributed by atoms with van der Waals surface area (Å²) in [5, 5.41) is 5.14. The number of thioether (sulfide) groups is 1. The monoisotopic (exact) mass is 489 g/mol. The zero-order valence-corrected chi connectivity index (χ0v) is 21.4. The van der Waals surface area contributed by atoms with Gasteiger partial charge in [-0.05, 0) is 73.8 Å². The molecule has 184 valence electrons. The van der Waals surface area contributed by atoms with E-state index in [1.165, 1.54) is 36.1 Å². The minimum absolute atomic E-state index is 0.264. The fourth-order valence-electron chi connectivity index (χ4n) is 6.36. The Balaban J connectivity index is 1.35. The molecule has 1 aromatic heterocycles. The Labute approximate surface area is 212 Å². The largest absolute Gasteiger partial charge is 0.381 e. The third kappa shape index (κ3) is 4.93. The summed E-state index contributed by atoms with van der Waals surface area (Å²) < 4.78 is 13.9. The fraction of sp³-hybridized carbons (Fsp3) is 0.517. The number of aromatic nitrogens is 3. The average Bonchev–Trinajstić information content (AvgIpc) is 3.64. The van der Waals surface area contributed by atoms with Gasteiger partial charge in [-0.1, -0.05) is 42.8 Å². The average molecular weight is 490 g/mol. The van der Waals surface area contributed by atoms with E-state index in [-0.39, 0.29) is 6.10 Å². The minimum atomic E-state index is 0.264. The molecule has 2 heterocycles. The molecule has 2 aliphatic carbocycles. The number of para-hydroxylation sites is 1. The summed E-state index contributed by atoms with van der Waals surface area (Å²) in [4.78, 5) is 6.41. The van der Waals surface area contributed by atoms with Crippen LogP contribution >= 0.6 is 11.8 Å². The van der Waals surface area contributed by atoms with Crippen LogP contribution in [-0.2, 0) is 22.5 Å². The first kappa shape index (κ1) is 23.3. The van der Waals surface area contributed by atoms with Crippen LogP contribution in [0.4, 0.5) is 0 Å². The lowest BCUT2D eigenvalue weighted by molar-refractivity contribution is -0.0389. The highest BCUT2D eigenvalue weighted by atomic mass is 32.2. The smallest absolute Gasteiger partial charge is 0.163 e. The summed E-state index contributed by atoms with van der Waals surface area (Å²) in [5.41, 5.74) is 3.38. The molecule has 2 bridgehead atoms. The van der Waals surface area contributed by atoms with Gasteiger partial charge in [-0.2, -0.15) is 5.10 Å². The second kappa shape index (κ2) is 10.5. The molecule has 3 unspecified atom stereocenters. The molecule has 0 N–H and O–H groups in total. The molecular formula is C29H35N3O2S. The van der Waals surface area contributed by atoms with Crippen LogP contribution in [0.2, 0.25) is 0 Å². The van der Waals surface area contributed by atoms with Gasteiger partial charge in [0, 0.05) is 30.1 Å². The van der Waals surface area contributed by atoms with Crippen molar-refractivity contribution in [2.75, 3.05) is 19.5 Å². The van der Waals surface area contributed by atoms with Crippen molar-refractivity contribution >= 4 is 11.8 Å². The normalized spacial score (nSPS) is 24.3. The Morgan fingerprint density at radius 3 is 2.63 bits per heavy atom. The number of benzene rings is 2. The number of rotatable bonds is 8. The molecule has 2 aromatic carbocycles. The molecule has 0 radical (unpaired) electrons. The quantitative estimate of drug-likeness (QED) is 0.346. The van der Waals surface area contributed by atoms with Gasteiger partial charge >= 0.3 is 0 Å². The predicted molar refractivity (Wildman–Crippen MR) is 140 cm³/mol. The molecule has 0 spiro atoms. The van der Waals surface area contributed by atoms with E-state index in [4.69, 9.17) is 19.6 Å².